The molecule has 0 aliphatic carbocycles. The zero-order valence-electron chi connectivity index (χ0n) is 11.3. The number of hydrogen-bond donors (Lipinski definition) is 2. The lowest BCUT2D eigenvalue weighted by atomic mass is 10.1. The molecule has 0 radical (unpaired) electrons. The molecule has 21 heavy (non-hydrogen) atoms. The Labute approximate surface area is 126 Å². The van der Waals surface area contributed by atoms with E-state index in [-0.39, 0.29) is 5.91 Å². The molecular weight excluding hydrogens is 280 g/mol. The molecule has 0 spiro atoms. The Morgan fingerprint density at radius 2 is 1.95 bits per heavy atom. The van der Waals surface area contributed by atoms with Gasteiger partial charge in [0.25, 0.3) is 5.91 Å². The van der Waals surface area contributed by atoms with Gasteiger partial charge in [0, 0.05) is 29.0 Å². The van der Waals surface area contributed by atoms with Crippen LogP contribution in [-0.4, -0.2) is 5.91 Å². The van der Waals surface area contributed by atoms with Crippen LogP contribution in [0, 0.1) is 0 Å². The molecule has 1 amide bonds. The highest BCUT2D eigenvalue weighted by Crippen LogP contribution is 2.24. The molecule has 104 valence electrons. The molecule has 0 saturated carbocycles. The van der Waals surface area contributed by atoms with Crippen LogP contribution in [0.25, 0.3) is 10.1 Å². The molecule has 1 aromatic heterocycles. The number of hydrogen-bond acceptors (Lipinski definition) is 3. The van der Waals surface area contributed by atoms with Gasteiger partial charge in [0.2, 0.25) is 0 Å². The van der Waals surface area contributed by atoms with E-state index in [0.29, 0.717) is 5.56 Å². The van der Waals surface area contributed by atoms with Crippen molar-refractivity contribution in [2.24, 2.45) is 0 Å². The van der Waals surface area contributed by atoms with Gasteiger partial charge in [0.1, 0.15) is 0 Å². The standard InChI is InChI=1S/C17H14N2OS/c20-17(12-1-2-13-9-18-10-14(13)7-12)19-15-3-4-16-11(8-15)5-6-21-16/h1-8,18H,9-10H2,(H,19,20). The summed E-state index contributed by atoms with van der Waals surface area (Å²) in [6.07, 6.45) is 0. The highest BCUT2D eigenvalue weighted by molar-refractivity contribution is 7.17. The van der Waals surface area contributed by atoms with Gasteiger partial charge in [-0.15, -0.1) is 11.3 Å². The van der Waals surface area contributed by atoms with Crippen LogP contribution >= 0.6 is 11.3 Å². The van der Waals surface area contributed by atoms with E-state index in [1.165, 1.54) is 15.8 Å². The van der Waals surface area contributed by atoms with Gasteiger partial charge >= 0.3 is 0 Å². The molecule has 4 rings (SSSR count). The second-order valence-corrected chi connectivity index (χ2v) is 6.16. The molecule has 4 heteroatoms. The number of benzene rings is 2. The molecule has 2 N–H and O–H groups in total. The summed E-state index contributed by atoms with van der Waals surface area (Å²) in [4.78, 5) is 12.4. The first-order chi connectivity index (χ1) is 10.3. The average molecular weight is 294 g/mol. The van der Waals surface area contributed by atoms with E-state index in [0.717, 1.165) is 24.2 Å². The SMILES string of the molecule is O=C(Nc1ccc2sccc2c1)c1ccc2c(c1)CNC2. The van der Waals surface area contributed by atoms with Gasteiger partial charge in [-0.2, -0.15) is 0 Å². The Morgan fingerprint density at radius 1 is 1.05 bits per heavy atom. The normalized spacial score (nSPS) is 13.3. The molecule has 0 unspecified atom stereocenters. The monoisotopic (exact) mass is 294 g/mol. The van der Waals surface area contributed by atoms with E-state index < -0.39 is 0 Å². The average Bonchev–Trinajstić information content (AvgIpc) is 3.14. The Bertz CT molecular complexity index is 838. The van der Waals surface area contributed by atoms with Gasteiger partial charge in [0.05, 0.1) is 0 Å². The van der Waals surface area contributed by atoms with Crippen molar-refractivity contribution in [3.8, 4) is 0 Å². The molecule has 0 saturated heterocycles. The fourth-order valence-electron chi connectivity index (χ4n) is 2.68. The number of carbonyl (C=O) groups is 1. The summed E-state index contributed by atoms with van der Waals surface area (Å²) in [6.45, 7) is 1.74. The fourth-order valence-corrected chi connectivity index (χ4v) is 3.45. The number of amides is 1. The maximum Gasteiger partial charge on any atom is 0.255 e. The number of rotatable bonds is 2. The van der Waals surface area contributed by atoms with E-state index in [4.69, 9.17) is 0 Å². The van der Waals surface area contributed by atoms with Gasteiger partial charge in [-0.1, -0.05) is 6.07 Å². The number of fused-ring (bicyclic) bond motifs is 2. The quantitative estimate of drug-likeness (QED) is 0.755. The van der Waals surface area contributed by atoms with Crippen LogP contribution in [-0.2, 0) is 13.1 Å². The second-order valence-electron chi connectivity index (χ2n) is 5.21. The Kier molecular flexibility index (Phi) is 2.98. The predicted molar refractivity (Wildman–Crippen MR) is 86.8 cm³/mol. The maximum absolute atomic E-state index is 12.4. The maximum atomic E-state index is 12.4. The summed E-state index contributed by atoms with van der Waals surface area (Å²) in [6, 6.07) is 14.0. The van der Waals surface area contributed by atoms with Crippen molar-refractivity contribution >= 4 is 33.0 Å². The van der Waals surface area contributed by atoms with Crippen LogP contribution < -0.4 is 10.6 Å². The first-order valence-corrected chi connectivity index (χ1v) is 7.79. The Balaban J connectivity index is 1.59. The minimum absolute atomic E-state index is 0.0562. The largest absolute Gasteiger partial charge is 0.322 e. The summed E-state index contributed by atoms with van der Waals surface area (Å²) in [5.74, 6) is -0.0562. The molecule has 0 fully saturated rings. The van der Waals surface area contributed by atoms with Crippen molar-refractivity contribution in [2.45, 2.75) is 13.1 Å². The van der Waals surface area contributed by atoms with Crippen molar-refractivity contribution in [2.75, 3.05) is 5.32 Å². The Hall–Kier alpha value is -2.17. The van der Waals surface area contributed by atoms with Crippen molar-refractivity contribution in [3.63, 3.8) is 0 Å². The van der Waals surface area contributed by atoms with Crippen LogP contribution in [0.5, 0.6) is 0 Å². The van der Waals surface area contributed by atoms with Gasteiger partial charge < -0.3 is 10.6 Å². The summed E-state index contributed by atoms with van der Waals surface area (Å²) < 4.78 is 1.23. The first kappa shape index (κ1) is 12.6. The smallest absolute Gasteiger partial charge is 0.255 e. The number of thiophene rings is 1. The number of anilines is 1. The molecule has 1 aliphatic rings. The third-order valence-electron chi connectivity index (χ3n) is 3.81. The minimum Gasteiger partial charge on any atom is -0.322 e. The molecule has 0 atom stereocenters. The van der Waals surface area contributed by atoms with Crippen molar-refractivity contribution in [1.82, 2.24) is 5.32 Å². The zero-order valence-corrected chi connectivity index (χ0v) is 12.2. The highest BCUT2D eigenvalue weighted by Gasteiger charge is 2.13. The van der Waals surface area contributed by atoms with E-state index in [9.17, 15) is 4.79 Å². The Morgan fingerprint density at radius 3 is 2.90 bits per heavy atom. The van der Waals surface area contributed by atoms with Crippen LogP contribution in [0.2, 0.25) is 0 Å². The fraction of sp³-hybridized carbons (Fsp3) is 0.118. The van der Waals surface area contributed by atoms with Crippen LogP contribution in [0.4, 0.5) is 5.69 Å². The summed E-state index contributed by atoms with van der Waals surface area (Å²) >= 11 is 1.71. The molecular formula is C17H14N2OS. The lowest BCUT2D eigenvalue weighted by Gasteiger charge is -2.07. The van der Waals surface area contributed by atoms with E-state index in [1.54, 1.807) is 11.3 Å². The van der Waals surface area contributed by atoms with E-state index in [1.807, 2.05) is 36.4 Å². The van der Waals surface area contributed by atoms with Crippen LogP contribution in [0.15, 0.2) is 47.8 Å². The van der Waals surface area contributed by atoms with E-state index in [2.05, 4.69) is 22.1 Å². The van der Waals surface area contributed by atoms with Crippen molar-refractivity contribution in [3.05, 3.63) is 64.5 Å². The molecule has 2 heterocycles. The third-order valence-corrected chi connectivity index (χ3v) is 4.71. The minimum atomic E-state index is -0.0562. The van der Waals surface area contributed by atoms with Gasteiger partial charge in [-0.3, -0.25) is 4.79 Å². The molecule has 3 nitrogen and oxygen atoms in total. The molecule has 2 aromatic carbocycles. The third kappa shape index (κ3) is 2.33. The zero-order chi connectivity index (χ0) is 14.2. The summed E-state index contributed by atoms with van der Waals surface area (Å²) in [5, 5.41) is 9.49. The first-order valence-electron chi connectivity index (χ1n) is 6.91. The lowest BCUT2D eigenvalue weighted by Crippen LogP contribution is -2.12. The van der Waals surface area contributed by atoms with Gasteiger partial charge in [-0.05, 0) is 58.3 Å². The summed E-state index contributed by atoms with van der Waals surface area (Å²) in [7, 11) is 0. The molecule has 0 bridgehead atoms. The highest BCUT2D eigenvalue weighted by atomic mass is 32.1. The number of nitrogens with one attached hydrogen (secondary N) is 2. The lowest BCUT2D eigenvalue weighted by molar-refractivity contribution is 0.102. The van der Waals surface area contributed by atoms with E-state index >= 15 is 0 Å². The topological polar surface area (TPSA) is 41.1 Å². The predicted octanol–water partition coefficient (Wildman–Crippen LogP) is 3.76. The van der Waals surface area contributed by atoms with Crippen molar-refractivity contribution < 1.29 is 4.79 Å². The molecule has 3 aromatic rings. The number of carbonyl (C=O) groups excluding carboxylic acids is 1. The van der Waals surface area contributed by atoms with Gasteiger partial charge in [0.15, 0.2) is 0 Å². The summed E-state index contributed by atoms with van der Waals surface area (Å²) in [5.41, 5.74) is 4.05. The van der Waals surface area contributed by atoms with Crippen LogP contribution in [0.1, 0.15) is 21.5 Å². The van der Waals surface area contributed by atoms with Crippen LogP contribution in [0.3, 0.4) is 0 Å². The van der Waals surface area contributed by atoms with Crippen molar-refractivity contribution in [1.29, 1.82) is 0 Å². The second kappa shape index (κ2) is 4.98. The molecule has 1 aliphatic heterocycles. The van der Waals surface area contributed by atoms with Gasteiger partial charge in [-0.25, -0.2) is 0 Å².